The number of ether oxygens (including phenoxy) is 2. The van der Waals surface area contributed by atoms with Crippen LogP contribution in [-0.2, 0) is 10.5 Å². The Morgan fingerprint density at radius 2 is 1.56 bits per heavy atom. The van der Waals surface area contributed by atoms with E-state index >= 15 is 0 Å². The van der Waals surface area contributed by atoms with E-state index in [1.165, 1.54) is 5.56 Å². The second-order valence-corrected chi connectivity index (χ2v) is 7.68. The number of hydrogen-bond acceptors (Lipinski definition) is 6. The van der Waals surface area contributed by atoms with Gasteiger partial charge in [0.15, 0.2) is 23.3 Å². The molecule has 1 amide bonds. The van der Waals surface area contributed by atoms with Crippen LogP contribution >= 0.6 is 11.8 Å². The zero-order valence-corrected chi connectivity index (χ0v) is 18.3. The van der Waals surface area contributed by atoms with Crippen molar-refractivity contribution in [2.45, 2.75) is 10.9 Å². The zero-order chi connectivity index (χ0) is 22.2. The molecule has 7 nitrogen and oxygen atoms in total. The Morgan fingerprint density at radius 3 is 2.28 bits per heavy atom. The molecule has 4 rings (SSSR count). The largest absolute Gasteiger partial charge is 0.493 e. The van der Waals surface area contributed by atoms with Crippen LogP contribution in [0.2, 0.25) is 0 Å². The summed E-state index contributed by atoms with van der Waals surface area (Å²) in [5, 5.41) is 12.0. The molecular formula is C24H22N4O3S. The fourth-order valence-corrected chi connectivity index (χ4v) is 3.93. The van der Waals surface area contributed by atoms with Gasteiger partial charge in [-0.25, -0.2) is 0 Å². The third kappa shape index (κ3) is 5.28. The van der Waals surface area contributed by atoms with E-state index < -0.39 is 0 Å². The quantitative estimate of drug-likeness (QED) is 0.379. The molecule has 1 heterocycles. The van der Waals surface area contributed by atoms with E-state index in [0.717, 1.165) is 11.4 Å². The number of carbonyl (C=O) groups is 1. The smallest absolute Gasteiger partial charge is 0.264 e. The molecule has 0 aliphatic heterocycles. The minimum atomic E-state index is -0.347. The lowest BCUT2D eigenvalue weighted by Gasteiger charge is -2.12. The van der Waals surface area contributed by atoms with E-state index in [2.05, 4.69) is 27.6 Å². The van der Waals surface area contributed by atoms with E-state index in [-0.39, 0.29) is 12.5 Å². The van der Waals surface area contributed by atoms with Crippen molar-refractivity contribution >= 4 is 23.6 Å². The van der Waals surface area contributed by atoms with Gasteiger partial charge in [0.1, 0.15) is 0 Å². The van der Waals surface area contributed by atoms with Crippen molar-refractivity contribution in [1.29, 1.82) is 0 Å². The van der Waals surface area contributed by atoms with Crippen LogP contribution in [0, 0.1) is 0 Å². The van der Waals surface area contributed by atoms with Crippen molar-refractivity contribution in [3.8, 4) is 17.2 Å². The van der Waals surface area contributed by atoms with Gasteiger partial charge in [0.05, 0.1) is 12.8 Å². The van der Waals surface area contributed by atoms with Crippen LogP contribution in [0.1, 0.15) is 5.56 Å². The summed E-state index contributed by atoms with van der Waals surface area (Å²) in [5.74, 6) is 1.78. The lowest BCUT2D eigenvalue weighted by atomic mass is 10.2. The van der Waals surface area contributed by atoms with Gasteiger partial charge in [0, 0.05) is 5.75 Å². The molecule has 1 N–H and O–H groups in total. The molecule has 1 aromatic heterocycles. The first-order valence-corrected chi connectivity index (χ1v) is 11.0. The Bertz CT molecular complexity index is 1170. The monoisotopic (exact) mass is 446 g/mol. The predicted octanol–water partition coefficient (Wildman–Crippen LogP) is 4.59. The number of nitrogens with one attached hydrogen (secondary N) is 1. The van der Waals surface area contributed by atoms with Gasteiger partial charge >= 0.3 is 0 Å². The van der Waals surface area contributed by atoms with Crippen LogP contribution in [0.15, 0.2) is 90.1 Å². The molecular weight excluding hydrogens is 424 g/mol. The summed E-state index contributed by atoms with van der Waals surface area (Å²) in [6.07, 6.45) is 0. The first kappa shape index (κ1) is 21.5. The molecule has 0 saturated heterocycles. The molecule has 0 atom stereocenters. The lowest BCUT2D eigenvalue weighted by Crippen LogP contribution is -2.22. The third-order valence-electron chi connectivity index (χ3n) is 4.54. The number of aromatic nitrogens is 3. The molecule has 0 radical (unpaired) electrons. The van der Waals surface area contributed by atoms with E-state index in [1.54, 1.807) is 31.0 Å². The van der Waals surface area contributed by atoms with Crippen LogP contribution in [0.4, 0.5) is 5.95 Å². The Kier molecular flexibility index (Phi) is 7.04. The fraction of sp³-hybridized carbons (Fsp3) is 0.125. The molecule has 162 valence electrons. The third-order valence-corrected chi connectivity index (χ3v) is 5.54. The molecule has 3 aromatic carbocycles. The summed E-state index contributed by atoms with van der Waals surface area (Å²) in [5.41, 5.74) is 2.03. The first-order valence-electron chi connectivity index (χ1n) is 9.98. The van der Waals surface area contributed by atoms with Gasteiger partial charge < -0.3 is 9.47 Å². The number of amides is 1. The first-order chi connectivity index (χ1) is 15.7. The topological polar surface area (TPSA) is 78.3 Å². The summed E-state index contributed by atoms with van der Waals surface area (Å²) < 4.78 is 12.7. The van der Waals surface area contributed by atoms with Gasteiger partial charge in [0.2, 0.25) is 5.95 Å². The number of benzene rings is 3. The highest BCUT2D eigenvalue weighted by Crippen LogP contribution is 2.28. The van der Waals surface area contributed by atoms with Gasteiger partial charge in [-0.15, -0.1) is 10.2 Å². The Balaban J connectivity index is 1.50. The van der Waals surface area contributed by atoms with Gasteiger partial charge in [-0.1, -0.05) is 72.4 Å². The highest BCUT2D eigenvalue weighted by atomic mass is 32.2. The van der Waals surface area contributed by atoms with Crippen molar-refractivity contribution in [3.05, 3.63) is 90.5 Å². The molecule has 0 bridgehead atoms. The molecule has 0 aliphatic rings. The van der Waals surface area contributed by atoms with Crippen LogP contribution in [0.3, 0.4) is 0 Å². The van der Waals surface area contributed by atoms with E-state index in [0.29, 0.717) is 22.6 Å². The second kappa shape index (κ2) is 10.5. The Labute approximate surface area is 190 Å². The Hall–Kier alpha value is -3.78. The number of carbonyl (C=O) groups excluding carboxylic acids is 1. The number of nitrogens with zero attached hydrogens (tertiary/aromatic N) is 3. The number of methoxy groups -OCH3 is 1. The minimum absolute atomic E-state index is 0.186. The molecule has 0 spiro atoms. The standard InChI is InChI=1S/C24H22N4O3S/c1-30-20-14-8-9-15-21(20)31-16-22(29)25-23-26-27-24(28(23)19-12-6-3-7-13-19)32-17-18-10-4-2-5-11-18/h2-15H,16-17H2,1H3,(H,25,26,29). The molecule has 8 heteroatoms. The average Bonchev–Trinajstić information content (AvgIpc) is 3.25. The van der Waals surface area contributed by atoms with Gasteiger partial charge in [0.25, 0.3) is 5.91 Å². The van der Waals surface area contributed by atoms with Crippen LogP contribution in [0.5, 0.6) is 11.5 Å². The summed E-state index contributed by atoms with van der Waals surface area (Å²) >= 11 is 1.55. The molecule has 0 unspecified atom stereocenters. The summed E-state index contributed by atoms with van der Waals surface area (Å²) in [6.45, 7) is -0.186. The van der Waals surface area contributed by atoms with E-state index in [1.807, 2.05) is 65.2 Å². The van der Waals surface area contributed by atoms with Crippen molar-refractivity contribution in [2.24, 2.45) is 0 Å². The van der Waals surface area contributed by atoms with Crippen molar-refractivity contribution in [2.75, 3.05) is 19.0 Å². The van der Waals surface area contributed by atoms with Crippen molar-refractivity contribution < 1.29 is 14.3 Å². The summed E-state index contributed by atoms with van der Waals surface area (Å²) in [4.78, 5) is 12.6. The molecule has 0 saturated carbocycles. The summed E-state index contributed by atoms with van der Waals surface area (Å²) in [6, 6.07) is 27.0. The Morgan fingerprint density at radius 1 is 0.906 bits per heavy atom. The maximum atomic E-state index is 12.6. The lowest BCUT2D eigenvalue weighted by molar-refractivity contribution is -0.118. The van der Waals surface area contributed by atoms with Crippen molar-refractivity contribution in [1.82, 2.24) is 14.8 Å². The highest BCUT2D eigenvalue weighted by molar-refractivity contribution is 7.98. The van der Waals surface area contributed by atoms with E-state index in [4.69, 9.17) is 9.47 Å². The molecule has 4 aromatic rings. The normalized spacial score (nSPS) is 10.5. The number of anilines is 1. The number of hydrogen-bond donors (Lipinski definition) is 1. The second-order valence-electron chi connectivity index (χ2n) is 6.74. The van der Waals surface area contributed by atoms with Crippen LogP contribution in [0.25, 0.3) is 5.69 Å². The highest BCUT2D eigenvalue weighted by Gasteiger charge is 2.17. The predicted molar refractivity (Wildman–Crippen MR) is 124 cm³/mol. The van der Waals surface area contributed by atoms with Crippen LogP contribution in [-0.4, -0.2) is 34.4 Å². The van der Waals surface area contributed by atoms with Crippen molar-refractivity contribution in [3.63, 3.8) is 0 Å². The summed E-state index contributed by atoms with van der Waals surface area (Å²) in [7, 11) is 1.55. The van der Waals surface area contributed by atoms with Gasteiger partial charge in [-0.05, 0) is 29.8 Å². The fourth-order valence-electron chi connectivity index (χ4n) is 3.02. The number of thioether (sulfide) groups is 1. The maximum Gasteiger partial charge on any atom is 0.264 e. The molecule has 32 heavy (non-hydrogen) atoms. The molecule has 0 fully saturated rings. The van der Waals surface area contributed by atoms with E-state index in [9.17, 15) is 4.79 Å². The zero-order valence-electron chi connectivity index (χ0n) is 17.5. The number of rotatable bonds is 9. The SMILES string of the molecule is COc1ccccc1OCC(=O)Nc1nnc(SCc2ccccc2)n1-c1ccccc1. The number of para-hydroxylation sites is 3. The van der Waals surface area contributed by atoms with Crippen LogP contribution < -0.4 is 14.8 Å². The van der Waals surface area contributed by atoms with Gasteiger partial charge in [-0.2, -0.15) is 0 Å². The average molecular weight is 447 g/mol. The maximum absolute atomic E-state index is 12.6. The van der Waals surface area contributed by atoms with Gasteiger partial charge in [-0.3, -0.25) is 14.7 Å². The minimum Gasteiger partial charge on any atom is -0.493 e. The molecule has 0 aliphatic carbocycles.